The molecule has 110 valence electrons. The fourth-order valence-electron chi connectivity index (χ4n) is 2.28. The molecule has 0 unspecified atom stereocenters. The van der Waals surface area contributed by atoms with Crippen molar-refractivity contribution in [3.05, 3.63) is 41.6 Å². The van der Waals surface area contributed by atoms with Crippen molar-refractivity contribution < 1.29 is 9.84 Å². The maximum absolute atomic E-state index is 9.80. The van der Waals surface area contributed by atoms with Crippen molar-refractivity contribution in [2.75, 3.05) is 31.2 Å². The van der Waals surface area contributed by atoms with E-state index in [1.54, 1.807) is 6.20 Å². The second-order valence-electron chi connectivity index (χ2n) is 4.93. The van der Waals surface area contributed by atoms with Crippen LogP contribution in [-0.4, -0.2) is 47.5 Å². The summed E-state index contributed by atoms with van der Waals surface area (Å²) in [6.45, 7) is 2.04. The Bertz CT molecular complexity index is 623. The average Bonchev–Trinajstić information content (AvgIpc) is 2.72. The average molecular weight is 306 g/mol. The first kappa shape index (κ1) is 14.3. The van der Waals surface area contributed by atoms with Crippen LogP contribution in [0.3, 0.4) is 0 Å². The quantitative estimate of drug-likeness (QED) is 0.919. The Labute approximate surface area is 128 Å². The minimum Gasteiger partial charge on any atom is -0.389 e. The molecular formula is C15H16ClN3O2. The van der Waals surface area contributed by atoms with Gasteiger partial charge in [0.2, 0.25) is 5.95 Å². The van der Waals surface area contributed by atoms with Gasteiger partial charge in [0.05, 0.1) is 25.0 Å². The molecule has 0 amide bonds. The lowest BCUT2D eigenvalue weighted by molar-refractivity contribution is 0.0597. The molecule has 1 aliphatic heterocycles. The third kappa shape index (κ3) is 3.50. The number of aliphatic hydroxyl groups is 1. The Morgan fingerprint density at radius 3 is 3.10 bits per heavy atom. The van der Waals surface area contributed by atoms with Gasteiger partial charge in [0.15, 0.2) is 0 Å². The van der Waals surface area contributed by atoms with Crippen molar-refractivity contribution in [2.45, 2.75) is 6.10 Å². The van der Waals surface area contributed by atoms with Gasteiger partial charge in [0.25, 0.3) is 0 Å². The summed E-state index contributed by atoms with van der Waals surface area (Å²) in [6, 6.07) is 9.39. The summed E-state index contributed by atoms with van der Waals surface area (Å²) < 4.78 is 5.32. The number of nitrogens with zero attached hydrogens (tertiary/aromatic N) is 3. The zero-order chi connectivity index (χ0) is 14.7. The zero-order valence-corrected chi connectivity index (χ0v) is 12.2. The van der Waals surface area contributed by atoms with Crippen LogP contribution in [0.2, 0.25) is 5.02 Å². The molecule has 0 spiro atoms. The monoisotopic (exact) mass is 305 g/mol. The first-order valence-electron chi connectivity index (χ1n) is 6.82. The van der Waals surface area contributed by atoms with E-state index in [0.717, 1.165) is 11.3 Å². The number of β-amino-alcohol motifs (C(OH)–C–C–N with tert-alkyl or cyclic N) is 1. The maximum atomic E-state index is 9.80. The molecule has 21 heavy (non-hydrogen) atoms. The highest BCUT2D eigenvalue weighted by molar-refractivity contribution is 6.30. The lowest BCUT2D eigenvalue weighted by Crippen LogP contribution is -2.33. The number of benzene rings is 1. The summed E-state index contributed by atoms with van der Waals surface area (Å²) in [5.41, 5.74) is 1.75. The first-order chi connectivity index (χ1) is 10.2. The summed E-state index contributed by atoms with van der Waals surface area (Å²) in [5.74, 6) is 0.594. The number of halogens is 1. The molecule has 0 aliphatic carbocycles. The van der Waals surface area contributed by atoms with Gasteiger partial charge in [-0.25, -0.2) is 9.97 Å². The van der Waals surface area contributed by atoms with E-state index >= 15 is 0 Å². The summed E-state index contributed by atoms with van der Waals surface area (Å²) in [7, 11) is 0. The van der Waals surface area contributed by atoms with Crippen molar-refractivity contribution in [1.82, 2.24) is 9.97 Å². The fraction of sp³-hybridized carbons (Fsp3) is 0.333. The van der Waals surface area contributed by atoms with Gasteiger partial charge < -0.3 is 14.7 Å². The Kier molecular flexibility index (Phi) is 4.34. The molecule has 2 aromatic rings. The van der Waals surface area contributed by atoms with Crippen LogP contribution in [0.4, 0.5) is 5.95 Å². The fourth-order valence-corrected chi connectivity index (χ4v) is 2.47. The highest BCUT2D eigenvalue weighted by Gasteiger charge is 2.19. The number of aliphatic hydroxyl groups excluding tert-OH is 1. The number of aromatic nitrogens is 2. The highest BCUT2D eigenvalue weighted by atomic mass is 35.5. The third-order valence-corrected chi connectivity index (χ3v) is 3.53. The smallest absolute Gasteiger partial charge is 0.226 e. The van der Waals surface area contributed by atoms with Crippen LogP contribution in [0.1, 0.15) is 0 Å². The molecule has 1 aromatic carbocycles. The topological polar surface area (TPSA) is 58.5 Å². The van der Waals surface area contributed by atoms with Gasteiger partial charge in [-0.1, -0.05) is 23.7 Å². The lowest BCUT2D eigenvalue weighted by Gasteiger charge is -2.21. The molecule has 1 N–H and O–H groups in total. The van der Waals surface area contributed by atoms with E-state index in [9.17, 15) is 5.11 Å². The summed E-state index contributed by atoms with van der Waals surface area (Å²) in [4.78, 5) is 10.8. The van der Waals surface area contributed by atoms with Gasteiger partial charge in [-0.15, -0.1) is 0 Å². The van der Waals surface area contributed by atoms with E-state index < -0.39 is 6.10 Å². The zero-order valence-electron chi connectivity index (χ0n) is 11.4. The Hall–Kier alpha value is -1.69. The van der Waals surface area contributed by atoms with E-state index in [1.165, 1.54) is 0 Å². The summed E-state index contributed by atoms with van der Waals surface area (Å²) >= 11 is 6.02. The first-order valence-corrected chi connectivity index (χ1v) is 7.20. The van der Waals surface area contributed by atoms with Crippen LogP contribution in [0.25, 0.3) is 11.3 Å². The molecule has 1 aliphatic rings. The van der Waals surface area contributed by atoms with Gasteiger partial charge in [-0.3, -0.25) is 0 Å². The SMILES string of the molecule is O[C@H]1COCCN(c2nccc(-c3cccc(Cl)c3)n2)C1. The van der Waals surface area contributed by atoms with Gasteiger partial charge in [0, 0.05) is 29.9 Å². The molecule has 0 radical (unpaired) electrons. The summed E-state index contributed by atoms with van der Waals surface area (Å²) in [6.07, 6.45) is 1.20. The van der Waals surface area contributed by atoms with E-state index in [4.69, 9.17) is 16.3 Å². The van der Waals surface area contributed by atoms with Crippen molar-refractivity contribution in [3.8, 4) is 11.3 Å². The molecule has 1 saturated heterocycles. The van der Waals surface area contributed by atoms with Gasteiger partial charge in [0.1, 0.15) is 0 Å². The number of anilines is 1. The molecule has 1 fully saturated rings. The van der Waals surface area contributed by atoms with E-state index in [1.807, 2.05) is 35.2 Å². The van der Waals surface area contributed by atoms with Crippen LogP contribution in [-0.2, 0) is 4.74 Å². The normalized spacial score (nSPS) is 19.3. The second kappa shape index (κ2) is 6.39. The molecule has 0 bridgehead atoms. The van der Waals surface area contributed by atoms with Crippen LogP contribution in [0, 0.1) is 0 Å². The standard InChI is InChI=1S/C15H16ClN3O2/c16-12-3-1-2-11(8-12)14-4-5-17-15(18-14)19-6-7-21-10-13(20)9-19/h1-5,8,13,20H,6-7,9-10H2/t13-/m1/s1. The number of hydrogen-bond donors (Lipinski definition) is 1. The predicted molar refractivity (Wildman–Crippen MR) is 81.5 cm³/mol. The molecule has 5 nitrogen and oxygen atoms in total. The van der Waals surface area contributed by atoms with Gasteiger partial charge in [-0.05, 0) is 18.2 Å². The molecule has 2 heterocycles. The lowest BCUT2D eigenvalue weighted by atomic mass is 10.1. The number of hydrogen-bond acceptors (Lipinski definition) is 5. The minimum atomic E-state index is -0.522. The molecular weight excluding hydrogens is 290 g/mol. The van der Waals surface area contributed by atoms with Crippen molar-refractivity contribution in [3.63, 3.8) is 0 Å². The van der Waals surface area contributed by atoms with E-state index in [2.05, 4.69) is 9.97 Å². The van der Waals surface area contributed by atoms with Crippen LogP contribution >= 0.6 is 11.6 Å². The maximum Gasteiger partial charge on any atom is 0.226 e. The largest absolute Gasteiger partial charge is 0.389 e. The molecule has 0 saturated carbocycles. The highest BCUT2D eigenvalue weighted by Crippen LogP contribution is 2.22. The van der Waals surface area contributed by atoms with Crippen molar-refractivity contribution in [1.29, 1.82) is 0 Å². The molecule has 1 atom stereocenters. The number of ether oxygens (including phenoxy) is 1. The number of rotatable bonds is 2. The van der Waals surface area contributed by atoms with Crippen molar-refractivity contribution >= 4 is 17.5 Å². The van der Waals surface area contributed by atoms with Crippen LogP contribution in [0.5, 0.6) is 0 Å². The molecule has 6 heteroatoms. The van der Waals surface area contributed by atoms with E-state index in [0.29, 0.717) is 37.3 Å². The Morgan fingerprint density at radius 1 is 1.33 bits per heavy atom. The predicted octanol–water partition coefficient (Wildman–Crippen LogP) is 1.99. The Morgan fingerprint density at radius 2 is 2.24 bits per heavy atom. The van der Waals surface area contributed by atoms with E-state index in [-0.39, 0.29) is 0 Å². The Balaban J connectivity index is 1.89. The summed E-state index contributed by atoms with van der Waals surface area (Å²) in [5, 5.41) is 10.5. The van der Waals surface area contributed by atoms with Crippen LogP contribution < -0.4 is 4.90 Å². The molecule has 1 aromatic heterocycles. The van der Waals surface area contributed by atoms with Gasteiger partial charge in [-0.2, -0.15) is 0 Å². The van der Waals surface area contributed by atoms with Gasteiger partial charge >= 0.3 is 0 Å². The third-order valence-electron chi connectivity index (χ3n) is 3.29. The van der Waals surface area contributed by atoms with Crippen LogP contribution in [0.15, 0.2) is 36.5 Å². The molecule has 3 rings (SSSR count). The second-order valence-corrected chi connectivity index (χ2v) is 5.36. The minimum absolute atomic E-state index is 0.352. The van der Waals surface area contributed by atoms with Crippen molar-refractivity contribution in [2.24, 2.45) is 0 Å².